The number of fused-ring (bicyclic) bond motifs is 2. The number of halogens is 3. The highest BCUT2D eigenvalue weighted by molar-refractivity contribution is 6.33. The van der Waals surface area contributed by atoms with Gasteiger partial charge in [-0.2, -0.15) is 8.78 Å². The predicted molar refractivity (Wildman–Crippen MR) is 104 cm³/mol. The fourth-order valence-corrected chi connectivity index (χ4v) is 4.79. The van der Waals surface area contributed by atoms with Crippen LogP contribution in [0.1, 0.15) is 60.6 Å². The molecule has 1 aromatic carbocycles. The molecule has 0 radical (unpaired) electrons. The van der Waals surface area contributed by atoms with E-state index in [2.05, 4.69) is 15.2 Å². The molecule has 1 aromatic heterocycles. The van der Waals surface area contributed by atoms with Crippen molar-refractivity contribution in [2.45, 2.75) is 69.2 Å². The van der Waals surface area contributed by atoms with Crippen LogP contribution < -0.4 is 10.1 Å². The SMILES string of the molecule is O=C(OC1C[C@H]2CC[C@@H](C1)N2)c1c(-c2c(Cl)cccc2OC(F)F)noc1C1CC1. The molecule has 30 heavy (non-hydrogen) atoms. The Labute approximate surface area is 176 Å². The first-order valence-electron chi connectivity index (χ1n) is 10.2. The smallest absolute Gasteiger partial charge is 0.387 e. The number of ether oxygens (including phenoxy) is 2. The Bertz CT molecular complexity index is 950. The van der Waals surface area contributed by atoms with Gasteiger partial charge in [-0.1, -0.05) is 22.8 Å². The minimum atomic E-state index is -3.04. The zero-order valence-corrected chi connectivity index (χ0v) is 16.8. The minimum absolute atomic E-state index is 0.0694. The fourth-order valence-electron chi connectivity index (χ4n) is 4.53. The van der Waals surface area contributed by atoms with E-state index in [1.54, 1.807) is 0 Å². The summed E-state index contributed by atoms with van der Waals surface area (Å²) in [6.07, 6.45) is 5.22. The summed E-state index contributed by atoms with van der Waals surface area (Å²) in [6, 6.07) is 5.11. The molecule has 2 bridgehead atoms. The zero-order chi connectivity index (χ0) is 20.8. The van der Waals surface area contributed by atoms with Crippen molar-refractivity contribution in [3.63, 3.8) is 0 Å². The summed E-state index contributed by atoms with van der Waals surface area (Å²) in [5, 5.41) is 7.68. The normalized spacial score (nSPS) is 25.5. The summed E-state index contributed by atoms with van der Waals surface area (Å²) < 4.78 is 41.8. The van der Waals surface area contributed by atoms with E-state index in [0.717, 1.165) is 38.5 Å². The Hall–Kier alpha value is -2.19. The van der Waals surface area contributed by atoms with E-state index < -0.39 is 12.6 Å². The van der Waals surface area contributed by atoms with Crippen molar-refractivity contribution in [3.05, 3.63) is 34.5 Å². The number of nitrogens with one attached hydrogen (secondary N) is 1. The zero-order valence-electron chi connectivity index (χ0n) is 16.1. The van der Waals surface area contributed by atoms with Crippen molar-refractivity contribution in [1.29, 1.82) is 0 Å². The molecule has 0 spiro atoms. The van der Waals surface area contributed by atoms with Crippen LogP contribution in [0.3, 0.4) is 0 Å². The molecule has 0 amide bonds. The van der Waals surface area contributed by atoms with Gasteiger partial charge in [0.05, 0.1) is 10.6 Å². The van der Waals surface area contributed by atoms with Gasteiger partial charge in [0.2, 0.25) is 0 Å². The molecule has 5 rings (SSSR count). The third-order valence-corrected chi connectivity index (χ3v) is 6.32. The number of hydrogen-bond acceptors (Lipinski definition) is 6. The number of rotatable bonds is 6. The van der Waals surface area contributed by atoms with Crippen LogP contribution >= 0.6 is 11.6 Å². The molecule has 3 fully saturated rings. The molecule has 2 aliphatic heterocycles. The van der Waals surface area contributed by atoms with Crippen molar-refractivity contribution in [3.8, 4) is 17.0 Å². The van der Waals surface area contributed by atoms with Gasteiger partial charge in [-0.15, -0.1) is 0 Å². The summed E-state index contributed by atoms with van der Waals surface area (Å²) in [4.78, 5) is 13.2. The van der Waals surface area contributed by atoms with E-state index in [4.69, 9.17) is 20.9 Å². The van der Waals surface area contributed by atoms with Crippen LogP contribution in [0.5, 0.6) is 5.75 Å². The molecule has 1 N–H and O–H groups in total. The Morgan fingerprint density at radius 2 is 1.93 bits per heavy atom. The van der Waals surface area contributed by atoms with E-state index in [0.29, 0.717) is 17.8 Å². The first-order valence-corrected chi connectivity index (χ1v) is 10.6. The fraction of sp³-hybridized carbons (Fsp3) is 0.524. The van der Waals surface area contributed by atoms with E-state index in [1.165, 1.54) is 18.2 Å². The van der Waals surface area contributed by atoms with Crippen LogP contribution in [0.4, 0.5) is 8.78 Å². The van der Waals surface area contributed by atoms with Crippen molar-refractivity contribution in [1.82, 2.24) is 10.5 Å². The quantitative estimate of drug-likeness (QED) is 0.646. The topological polar surface area (TPSA) is 73.6 Å². The predicted octanol–water partition coefficient (Wildman–Crippen LogP) is 4.91. The lowest BCUT2D eigenvalue weighted by Gasteiger charge is -2.28. The van der Waals surface area contributed by atoms with Gasteiger partial charge in [-0.25, -0.2) is 4.79 Å². The van der Waals surface area contributed by atoms with Gasteiger partial charge in [0.15, 0.2) is 5.76 Å². The van der Waals surface area contributed by atoms with Gasteiger partial charge in [-0.05, 0) is 50.7 Å². The second-order valence-electron chi connectivity index (χ2n) is 8.17. The van der Waals surface area contributed by atoms with E-state index in [-0.39, 0.29) is 39.6 Å². The number of piperidine rings is 1. The number of carbonyl (C=O) groups excluding carboxylic acids is 1. The number of alkyl halides is 2. The molecule has 1 saturated carbocycles. The standard InChI is InChI=1S/C21H21ClF2N2O4/c22-14-2-1-3-15(29-21(23)24)16(14)18-17(19(30-26-18)10-4-5-10)20(27)28-13-8-11-6-7-12(9-13)25-11/h1-3,10-13,21,25H,4-9H2/t11-,12+,13?. The molecule has 3 heterocycles. The van der Waals surface area contributed by atoms with Crippen molar-refractivity contribution in [2.24, 2.45) is 0 Å². The Kier molecular flexibility index (Phi) is 5.14. The minimum Gasteiger partial charge on any atom is -0.459 e. The summed E-state index contributed by atoms with van der Waals surface area (Å²) in [5.41, 5.74) is 0.350. The molecule has 2 aromatic rings. The molecule has 9 heteroatoms. The molecule has 1 unspecified atom stereocenters. The van der Waals surface area contributed by atoms with Gasteiger partial charge in [0.1, 0.15) is 23.1 Å². The highest BCUT2D eigenvalue weighted by Crippen LogP contribution is 2.47. The first-order chi connectivity index (χ1) is 14.5. The summed E-state index contributed by atoms with van der Waals surface area (Å²) in [5.74, 6) is -0.223. The molecule has 160 valence electrons. The molecule has 3 aliphatic rings. The maximum atomic E-state index is 13.2. The van der Waals surface area contributed by atoms with Crippen molar-refractivity contribution in [2.75, 3.05) is 0 Å². The number of aromatic nitrogens is 1. The highest BCUT2D eigenvalue weighted by Gasteiger charge is 2.40. The van der Waals surface area contributed by atoms with Crippen LogP contribution in [0.15, 0.2) is 22.7 Å². The molecule has 2 saturated heterocycles. The van der Waals surface area contributed by atoms with Gasteiger partial charge in [0.25, 0.3) is 0 Å². The number of hydrogen-bond donors (Lipinski definition) is 1. The Morgan fingerprint density at radius 1 is 1.20 bits per heavy atom. The largest absolute Gasteiger partial charge is 0.459 e. The average Bonchev–Trinajstić information content (AvgIpc) is 3.35. The lowest BCUT2D eigenvalue weighted by molar-refractivity contribution is -0.0494. The number of carbonyl (C=O) groups is 1. The summed E-state index contributed by atoms with van der Waals surface area (Å²) in [7, 11) is 0. The monoisotopic (exact) mass is 438 g/mol. The van der Waals surface area contributed by atoms with Gasteiger partial charge in [-0.3, -0.25) is 0 Å². The van der Waals surface area contributed by atoms with Gasteiger partial charge < -0.3 is 19.3 Å². The van der Waals surface area contributed by atoms with Gasteiger partial charge >= 0.3 is 12.6 Å². The molecular formula is C21H21ClF2N2O4. The Morgan fingerprint density at radius 3 is 2.60 bits per heavy atom. The van der Waals surface area contributed by atoms with Crippen molar-refractivity contribution < 1.29 is 27.6 Å². The molecular weight excluding hydrogens is 418 g/mol. The van der Waals surface area contributed by atoms with Crippen LogP contribution in [-0.2, 0) is 4.74 Å². The second-order valence-corrected chi connectivity index (χ2v) is 8.58. The summed E-state index contributed by atoms with van der Waals surface area (Å²) in [6.45, 7) is -3.04. The van der Waals surface area contributed by atoms with Crippen LogP contribution in [0.2, 0.25) is 5.02 Å². The van der Waals surface area contributed by atoms with Crippen LogP contribution in [0, 0.1) is 0 Å². The third kappa shape index (κ3) is 3.78. The lowest BCUT2D eigenvalue weighted by atomic mass is 10.0. The van der Waals surface area contributed by atoms with E-state index in [9.17, 15) is 13.6 Å². The Balaban J connectivity index is 1.50. The number of esters is 1. The molecule has 6 nitrogen and oxygen atoms in total. The van der Waals surface area contributed by atoms with Gasteiger partial charge in [0, 0.05) is 18.0 Å². The first kappa shape index (κ1) is 19.8. The maximum Gasteiger partial charge on any atom is 0.387 e. The van der Waals surface area contributed by atoms with Crippen LogP contribution in [-0.4, -0.2) is 35.9 Å². The maximum absolute atomic E-state index is 13.2. The lowest BCUT2D eigenvalue weighted by Crippen LogP contribution is -2.42. The average molecular weight is 439 g/mol. The number of nitrogens with zero attached hydrogens (tertiary/aromatic N) is 1. The highest BCUT2D eigenvalue weighted by atomic mass is 35.5. The van der Waals surface area contributed by atoms with E-state index in [1.807, 2.05) is 0 Å². The second kappa shape index (κ2) is 7.81. The van der Waals surface area contributed by atoms with Crippen molar-refractivity contribution >= 4 is 17.6 Å². The number of benzene rings is 1. The van der Waals surface area contributed by atoms with Crippen LogP contribution in [0.25, 0.3) is 11.3 Å². The summed E-state index contributed by atoms with van der Waals surface area (Å²) >= 11 is 6.30. The van der Waals surface area contributed by atoms with E-state index >= 15 is 0 Å². The third-order valence-electron chi connectivity index (χ3n) is 6.00. The molecule has 3 atom stereocenters. The molecule has 1 aliphatic carbocycles.